The zero-order chi connectivity index (χ0) is 48.4. The molecule has 1 aliphatic rings. The Bertz CT molecular complexity index is 2450. The summed E-state index contributed by atoms with van der Waals surface area (Å²) >= 11 is 6.04. The standard InChI is InChI=1S/C47H55ClN8O10/c1-25-42(61)53-36(44(63)54-37(24-57)47(66)55(3)26(2)41(50)60)22-27-8-18-38(58)33(21-27)34-23-31(15-19-39(34)59)40(45(64)51-25)56(4)46(65)35(7-5-6-20-49)52-43(62)30-11-9-28(10-12-30)29-13-16-32(48)17-14-29/h8-19,21,23,25-26,35-37,40,57-59H,5-7,20,22,24,49H2,1-4H3,(H2,50,60)(H,51,64)(H,52,62)(H,53,61)(H,54,63). The number of unbranched alkanes of at least 4 members (excludes halogenated alkanes) is 1. The zero-order valence-corrected chi connectivity index (χ0v) is 37.7. The maximum Gasteiger partial charge on any atom is 0.251 e. The van der Waals surface area contributed by atoms with Crippen LogP contribution in [-0.2, 0) is 35.2 Å². The number of nitrogens with two attached hydrogens (primary N) is 2. The molecule has 0 spiro atoms. The molecule has 0 fully saturated rings. The number of aromatic hydroxyl groups is 2. The maximum absolute atomic E-state index is 14.6. The summed E-state index contributed by atoms with van der Waals surface area (Å²) in [5.41, 5.74) is 13.8. The van der Waals surface area contributed by atoms with E-state index in [9.17, 15) is 48.9 Å². The van der Waals surface area contributed by atoms with Crippen molar-refractivity contribution in [2.45, 2.75) is 75.8 Å². The van der Waals surface area contributed by atoms with Crippen molar-refractivity contribution in [1.82, 2.24) is 31.1 Å². The molecule has 7 amide bonds. The summed E-state index contributed by atoms with van der Waals surface area (Å²) in [6.45, 7) is 2.16. The summed E-state index contributed by atoms with van der Waals surface area (Å²) in [4.78, 5) is 97.5. The Morgan fingerprint density at radius 3 is 2.02 bits per heavy atom. The summed E-state index contributed by atoms with van der Waals surface area (Å²) in [6, 6.07) is 14.2. The minimum absolute atomic E-state index is 0.0491. The number of nitrogens with one attached hydrogen (secondary N) is 4. The van der Waals surface area contributed by atoms with Crippen LogP contribution in [0.2, 0.25) is 5.02 Å². The van der Waals surface area contributed by atoms with Crippen molar-refractivity contribution in [1.29, 1.82) is 0 Å². The third-order valence-corrected chi connectivity index (χ3v) is 11.8. The van der Waals surface area contributed by atoms with Gasteiger partial charge in [0.1, 0.15) is 47.8 Å². The van der Waals surface area contributed by atoms with Gasteiger partial charge in [-0.15, -0.1) is 0 Å². The summed E-state index contributed by atoms with van der Waals surface area (Å²) < 4.78 is 0. The van der Waals surface area contributed by atoms with Crippen LogP contribution in [0.15, 0.2) is 84.9 Å². The lowest BCUT2D eigenvalue weighted by atomic mass is 9.93. The molecule has 1 heterocycles. The van der Waals surface area contributed by atoms with E-state index in [0.717, 1.165) is 20.9 Å². The van der Waals surface area contributed by atoms with Gasteiger partial charge in [0, 0.05) is 42.2 Å². The predicted molar refractivity (Wildman–Crippen MR) is 245 cm³/mol. The molecule has 0 saturated heterocycles. The summed E-state index contributed by atoms with van der Waals surface area (Å²) in [5.74, 6) is -6.15. The average Bonchev–Trinajstić information content (AvgIpc) is 3.30. The number of fused-ring (bicyclic) bond motifs is 5. The number of hydrogen-bond donors (Lipinski definition) is 9. The van der Waals surface area contributed by atoms with E-state index in [1.165, 1.54) is 64.3 Å². The van der Waals surface area contributed by atoms with Gasteiger partial charge in [-0.2, -0.15) is 0 Å². The van der Waals surface area contributed by atoms with Gasteiger partial charge < -0.3 is 57.9 Å². The Labute approximate surface area is 386 Å². The van der Waals surface area contributed by atoms with E-state index in [4.69, 9.17) is 23.1 Å². The number of benzene rings is 4. The van der Waals surface area contributed by atoms with Crippen molar-refractivity contribution >= 4 is 53.0 Å². The smallest absolute Gasteiger partial charge is 0.251 e. The Morgan fingerprint density at radius 1 is 0.803 bits per heavy atom. The van der Waals surface area contributed by atoms with Crippen LogP contribution in [0, 0.1) is 0 Å². The molecule has 18 nitrogen and oxygen atoms in total. The topological polar surface area (TPSA) is 287 Å². The number of primary amides is 1. The Hall–Kier alpha value is -7.02. The fourth-order valence-corrected chi connectivity index (χ4v) is 7.55. The molecule has 66 heavy (non-hydrogen) atoms. The van der Waals surface area contributed by atoms with E-state index in [2.05, 4.69) is 21.3 Å². The van der Waals surface area contributed by atoms with Gasteiger partial charge in [0.25, 0.3) is 5.91 Å². The monoisotopic (exact) mass is 926 g/mol. The van der Waals surface area contributed by atoms with E-state index >= 15 is 0 Å². The SMILES string of the molecule is CC1NC(=O)C(N(C)C(=O)C(CCCCN)NC(=O)c2ccc(-c3ccc(Cl)cc3)cc2)c2ccc(O)c(c2)-c2cc(ccc2O)CC(C(=O)NC(CO)C(=O)N(C)C(C)C(N)=O)NC1=O. The number of halogens is 1. The molecule has 0 aromatic heterocycles. The van der Waals surface area contributed by atoms with Gasteiger partial charge >= 0.3 is 0 Å². The molecule has 11 N–H and O–H groups in total. The minimum Gasteiger partial charge on any atom is -0.507 e. The molecule has 0 saturated carbocycles. The first-order chi connectivity index (χ1) is 31.3. The van der Waals surface area contributed by atoms with E-state index in [0.29, 0.717) is 30.0 Å². The van der Waals surface area contributed by atoms with Crippen LogP contribution in [0.5, 0.6) is 11.5 Å². The number of amides is 7. The second-order valence-electron chi connectivity index (χ2n) is 16.1. The van der Waals surface area contributed by atoms with Gasteiger partial charge in [0.15, 0.2) is 0 Å². The molecule has 350 valence electrons. The summed E-state index contributed by atoms with van der Waals surface area (Å²) in [5, 5.41) is 43.4. The number of nitrogens with zero attached hydrogens (tertiary/aromatic N) is 2. The first kappa shape index (κ1) is 50.0. The van der Waals surface area contributed by atoms with Crippen LogP contribution in [0.1, 0.15) is 60.6 Å². The van der Waals surface area contributed by atoms with Crippen LogP contribution in [0.25, 0.3) is 22.3 Å². The van der Waals surface area contributed by atoms with Gasteiger partial charge in [0.2, 0.25) is 35.4 Å². The first-order valence-electron chi connectivity index (χ1n) is 21.2. The van der Waals surface area contributed by atoms with Crippen molar-refractivity contribution in [3.8, 4) is 33.8 Å². The first-order valence-corrected chi connectivity index (χ1v) is 21.6. The number of likely N-dealkylation sites (N-methyl/N-ethyl adjacent to an activating group) is 2. The van der Waals surface area contributed by atoms with Crippen LogP contribution in [0.3, 0.4) is 0 Å². The lowest BCUT2D eigenvalue weighted by Gasteiger charge is -2.32. The number of aliphatic hydroxyl groups is 1. The quantitative estimate of drug-likeness (QED) is 0.0776. The van der Waals surface area contributed by atoms with Crippen LogP contribution >= 0.6 is 11.6 Å². The highest BCUT2D eigenvalue weighted by Gasteiger charge is 2.37. The molecule has 1 aliphatic heterocycles. The lowest BCUT2D eigenvalue weighted by molar-refractivity contribution is -0.142. The highest BCUT2D eigenvalue weighted by molar-refractivity contribution is 6.30. The van der Waals surface area contributed by atoms with Gasteiger partial charge in [-0.05, 0) is 110 Å². The number of phenols is 2. The maximum atomic E-state index is 14.6. The Kier molecular flexibility index (Phi) is 16.9. The molecule has 4 aromatic rings. The predicted octanol–water partition coefficient (Wildman–Crippen LogP) is 1.87. The fraction of sp³-hybridized carbons (Fsp3) is 0.340. The average molecular weight is 927 g/mol. The number of carbonyl (C=O) groups is 7. The van der Waals surface area contributed by atoms with E-state index < -0.39 is 84.2 Å². The third-order valence-electron chi connectivity index (χ3n) is 11.5. The summed E-state index contributed by atoms with van der Waals surface area (Å²) in [7, 11) is 2.62. The van der Waals surface area contributed by atoms with Crippen LogP contribution in [0.4, 0.5) is 0 Å². The largest absolute Gasteiger partial charge is 0.507 e. The van der Waals surface area contributed by atoms with Crippen molar-refractivity contribution < 1.29 is 48.9 Å². The van der Waals surface area contributed by atoms with Gasteiger partial charge in [-0.1, -0.05) is 48.0 Å². The Morgan fingerprint density at radius 2 is 1.41 bits per heavy atom. The molecular weight excluding hydrogens is 872 g/mol. The number of rotatable bonds is 15. The minimum atomic E-state index is -1.56. The molecule has 19 heteroatoms. The van der Waals surface area contributed by atoms with Crippen LogP contribution < -0.4 is 32.7 Å². The molecule has 6 atom stereocenters. The van der Waals surface area contributed by atoms with Crippen LogP contribution in [-0.4, -0.2) is 124 Å². The molecule has 6 unspecified atom stereocenters. The fourth-order valence-electron chi connectivity index (χ4n) is 7.42. The molecule has 5 rings (SSSR count). The number of hydrogen-bond acceptors (Lipinski definition) is 11. The third kappa shape index (κ3) is 12.0. The highest BCUT2D eigenvalue weighted by Crippen LogP contribution is 2.39. The van der Waals surface area contributed by atoms with Gasteiger partial charge in [-0.3, -0.25) is 33.6 Å². The Balaban J connectivity index is 1.48. The van der Waals surface area contributed by atoms with Crippen molar-refractivity contribution in [2.75, 3.05) is 27.2 Å². The highest BCUT2D eigenvalue weighted by atomic mass is 35.5. The second-order valence-corrected chi connectivity index (χ2v) is 16.6. The lowest BCUT2D eigenvalue weighted by Crippen LogP contribution is -2.59. The molecule has 0 aliphatic carbocycles. The van der Waals surface area contributed by atoms with Gasteiger partial charge in [0.05, 0.1) is 6.61 Å². The zero-order valence-electron chi connectivity index (χ0n) is 36.9. The van der Waals surface area contributed by atoms with Crippen molar-refractivity contribution in [3.63, 3.8) is 0 Å². The number of phenolic OH excluding ortho intramolecular Hbond substituents is 2. The molecule has 4 bridgehead atoms. The molecular formula is C47H55ClN8O10. The number of aliphatic hydroxyl groups excluding tert-OH is 1. The molecule has 4 aromatic carbocycles. The normalized spacial score (nSPS) is 17.4. The second kappa shape index (κ2) is 22.3. The van der Waals surface area contributed by atoms with Crippen molar-refractivity contribution in [2.24, 2.45) is 11.5 Å². The van der Waals surface area contributed by atoms with E-state index in [1.807, 2.05) is 12.1 Å². The molecule has 0 radical (unpaired) electrons. The van der Waals surface area contributed by atoms with E-state index in [-0.39, 0.29) is 46.6 Å². The van der Waals surface area contributed by atoms with Crippen molar-refractivity contribution in [3.05, 3.63) is 107 Å². The number of carbonyl (C=O) groups excluding carboxylic acids is 7. The van der Waals surface area contributed by atoms with E-state index in [1.54, 1.807) is 36.4 Å². The van der Waals surface area contributed by atoms with Gasteiger partial charge in [-0.25, -0.2) is 0 Å². The summed E-state index contributed by atoms with van der Waals surface area (Å²) in [6.07, 6.45) is 0.877.